The lowest BCUT2D eigenvalue weighted by Gasteiger charge is -2.38. The van der Waals surface area contributed by atoms with E-state index in [-0.39, 0.29) is 17.6 Å². The molecule has 1 rings (SSSR count). The van der Waals surface area contributed by atoms with Crippen LogP contribution in [0.1, 0.15) is 101 Å². The van der Waals surface area contributed by atoms with E-state index in [0.717, 1.165) is 12.8 Å². The van der Waals surface area contributed by atoms with Crippen LogP contribution >= 0.6 is 0 Å². The first-order valence-corrected chi connectivity index (χ1v) is 12.0. The maximum atomic E-state index is 13.2. The van der Waals surface area contributed by atoms with E-state index in [0.29, 0.717) is 25.8 Å². The molecule has 1 heterocycles. The van der Waals surface area contributed by atoms with E-state index >= 15 is 0 Å². The zero-order valence-corrected chi connectivity index (χ0v) is 22.4. The lowest BCUT2D eigenvalue weighted by Crippen LogP contribution is -2.55. The molecule has 1 fully saturated rings. The molecular weight excluding hydrogens is 408 g/mol. The third-order valence-corrected chi connectivity index (χ3v) is 5.98. The maximum absolute atomic E-state index is 13.2. The normalized spacial score (nSPS) is 19.1. The van der Waals surface area contributed by atoms with Gasteiger partial charge in [-0.25, -0.2) is 4.79 Å². The van der Waals surface area contributed by atoms with Gasteiger partial charge in [0.1, 0.15) is 11.6 Å². The number of nitrogens with zero attached hydrogens (tertiary/aromatic N) is 1. The molecule has 2 unspecified atom stereocenters. The molecule has 1 aliphatic heterocycles. The third kappa shape index (κ3) is 9.26. The second-order valence-corrected chi connectivity index (χ2v) is 11.8. The van der Waals surface area contributed by atoms with Crippen LogP contribution in [0.2, 0.25) is 0 Å². The number of carbonyl (C=O) groups is 2. The van der Waals surface area contributed by atoms with Crippen molar-refractivity contribution in [3.63, 3.8) is 0 Å². The Hall–Kier alpha value is -1.34. The molecule has 1 aliphatic rings. The van der Waals surface area contributed by atoms with Gasteiger partial charge in [-0.05, 0) is 88.0 Å². The summed E-state index contributed by atoms with van der Waals surface area (Å²) < 4.78 is 17.4. The molecule has 1 N–H and O–H groups in total. The molecule has 0 aromatic heterocycles. The minimum atomic E-state index is -0.711. The number of rotatable bonds is 11. The highest BCUT2D eigenvalue weighted by Gasteiger charge is 2.41. The van der Waals surface area contributed by atoms with Gasteiger partial charge in [0.15, 0.2) is 0 Å². The van der Waals surface area contributed by atoms with E-state index in [9.17, 15) is 9.59 Å². The van der Waals surface area contributed by atoms with Gasteiger partial charge in [-0.3, -0.25) is 9.69 Å². The highest BCUT2D eigenvalue weighted by Crippen LogP contribution is 2.29. The SMILES string of the molecule is CCC(C)OC(C)(C)CC(C)(C)NC(=O)C1CCCN1C(=O)OC(C)(C)CC(C)(C)OC. The van der Waals surface area contributed by atoms with Crippen molar-refractivity contribution in [2.75, 3.05) is 13.7 Å². The van der Waals surface area contributed by atoms with E-state index in [1.54, 1.807) is 12.0 Å². The Kier molecular flexibility index (Phi) is 9.62. The van der Waals surface area contributed by atoms with Crippen molar-refractivity contribution in [2.45, 2.75) is 136 Å². The Morgan fingerprint density at radius 3 is 2.12 bits per heavy atom. The molecule has 7 nitrogen and oxygen atoms in total. The van der Waals surface area contributed by atoms with Crippen LogP contribution in [0.5, 0.6) is 0 Å². The molecule has 0 spiro atoms. The first kappa shape index (κ1) is 28.7. The largest absolute Gasteiger partial charge is 0.443 e. The standard InChI is InChI=1S/C25H48N2O5/c1-12-18(2)31-24(7,8)16-22(3,4)26-20(28)19-14-13-15-27(19)21(29)32-25(9,10)17-23(5,6)30-11/h18-19H,12-17H2,1-11H3,(H,26,28). The van der Waals surface area contributed by atoms with E-state index in [1.807, 2.05) is 41.5 Å². The molecule has 7 heteroatoms. The van der Waals surface area contributed by atoms with Crippen LogP contribution in [0.15, 0.2) is 0 Å². The van der Waals surface area contributed by atoms with Crippen molar-refractivity contribution in [1.29, 1.82) is 0 Å². The second kappa shape index (κ2) is 10.7. The van der Waals surface area contributed by atoms with Crippen LogP contribution in [-0.4, -0.2) is 65.0 Å². The van der Waals surface area contributed by atoms with Crippen molar-refractivity contribution in [2.24, 2.45) is 0 Å². The minimum Gasteiger partial charge on any atom is -0.443 e. The van der Waals surface area contributed by atoms with Gasteiger partial charge in [0, 0.05) is 25.6 Å². The summed E-state index contributed by atoms with van der Waals surface area (Å²) in [7, 11) is 1.65. The fourth-order valence-electron chi connectivity index (χ4n) is 4.88. The summed E-state index contributed by atoms with van der Waals surface area (Å²) in [5.41, 5.74) is -1.98. The van der Waals surface area contributed by atoms with E-state index < -0.39 is 28.9 Å². The van der Waals surface area contributed by atoms with Crippen LogP contribution in [0.4, 0.5) is 4.79 Å². The number of amides is 2. The van der Waals surface area contributed by atoms with Gasteiger partial charge < -0.3 is 19.5 Å². The number of ether oxygens (including phenoxy) is 3. The molecule has 0 aromatic carbocycles. The molecule has 32 heavy (non-hydrogen) atoms. The van der Waals surface area contributed by atoms with Crippen molar-refractivity contribution < 1.29 is 23.8 Å². The zero-order chi connectivity index (χ0) is 25.0. The lowest BCUT2D eigenvalue weighted by atomic mass is 9.88. The van der Waals surface area contributed by atoms with E-state index in [1.165, 1.54) is 0 Å². The van der Waals surface area contributed by atoms with Crippen molar-refractivity contribution in [3.05, 3.63) is 0 Å². The molecule has 1 saturated heterocycles. The average molecular weight is 457 g/mol. The van der Waals surface area contributed by atoms with Gasteiger partial charge in [-0.1, -0.05) is 6.92 Å². The highest BCUT2D eigenvalue weighted by molar-refractivity contribution is 5.86. The van der Waals surface area contributed by atoms with Crippen molar-refractivity contribution in [3.8, 4) is 0 Å². The van der Waals surface area contributed by atoms with Crippen molar-refractivity contribution >= 4 is 12.0 Å². The molecule has 0 aromatic rings. The number of methoxy groups -OCH3 is 1. The monoisotopic (exact) mass is 456 g/mol. The molecule has 2 atom stereocenters. The summed E-state index contributed by atoms with van der Waals surface area (Å²) in [6, 6.07) is -0.522. The summed E-state index contributed by atoms with van der Waals surface area (Å²) in [4.78, 5) is 27.7. The summed E-state index contributed by atoms with van der Waals surface area (Å²) in [6.07, 6.45) is 3.26. The second-order valence-electron chi connectivity index (χ2n) is 11.8. The van der Waals surface area contributed by atoms with Crippen LogP contribution < -0.4 is 5.32 Å². The number of hydrogen-bond acceptors (Lipinski definition) is 5. The first-order chi connectivity index (χ1) is 14.4. The Bertz CT molecular complexity index is 642. The van der Waals surface area contributed by atoms with Gasteiger partial charge in [0.25, 0.3) is 0 Å². The number of hydrogen-bond donors (Lipinski definition) is 1. The first-order valence-electron chi connectivity index (χ1n) is 12.0. The summed E-state index contributed by atoms with van der Waals surface area (Å²) in [5.74, 6) is -0.140. The topological polar surface area (TPSA) is 77.1 Å². The summed E-state index contributed by atoms with van der Waals surface area (Å²) in [5, 5.41) is 3.15. The van der Waals surface area contributed by atoms with Gasteiger partial charge in [-0.15, -0.1) is 0 Å². The quantitative estimate of drug-likeness (QED) is 0.470. The fraction of sp³-hybridized carbons (Fsp3) is 0.920. The minimum absolute atomic E-state index is 0.140. The summed E-state index contributed by atoms with van der Waals surface area (Å²) >= 11 is 0. The van der Waals surface area contributed by atoms with Crippen LogP contribution in [-0.2, 0) is 19.0 Å². The fourth-order valence-corrected chi connectivity index (χ4v) is 4.88. The number of nitrogens with one attached hydrogen (secondary N) is 1. The lowest BCUT2D eigenvalue weighted by molar-refractivity contribution is -0.129. The van der Waals surface area contributed by atoms with Gasteiger partial charge in [0.2, 0.25) is 5.91 Å². The Balaban J connectivity index is 2.79. The number of carbonyl (C=O) groups excluding carboxylic acids is 2. The predicted octanol–water partition coefficient (Wildman–Crippen LogP) is 5.06. The van der Waals surface area contributed by atoms with Gasteiger partial charge in [0.05, 0.1) is 17.3 Å². The Labute approximate surface area is 195 Å². The van der Waals surface area contributed by atoms with E-state index in [2.05, 4.69) is 33.0 Å². The summed E-state index contributed by atoms with van der Waals surface area (Å²) in [6.45, 7) is 20.4. The molecule has 0 bridgehead atoms. The maximum Gasteiger partial charge on any atom is 0.410 e. The van der Waals surface area contributed by atoms with Crippen LogP contribution in [0.25, 0.3) is 0 Å². The van der Waals surface area contributed by atoms with E-state index in [4.69, 9.17) is 14.2 Å². The average Bonchev–Trinajstić information content (AvgIpc) is 3.08. The highest BCUT2D eigenvalue weighted by atomic mass is 16.6. The molecule has 188 valence electrons. The zero-order valence-electron chi connectivity index (χ0n) is 22.4. The molecule has 2 amide bonds. The van der Waals surface area contributed by atoms with Gasteiger partial charge in [-0.2, -0.15) is 0 Å². The molecule has 0 aliphatic carbocycles. The predicted molar refractivity (Wildman–Crippen MR) is 128 cm³/mol. The molecule has 0 radical (unpaired) electrons. The van der Waals surface area contributed by atoms with Crippen LogP contribution in [0.3, 0.4) is 0 Å². The Morgan fingerprint density at radius 1 is 1.00 bits per heavy atom. The number of likely N-dealkylation sites (tertiary alicyclic amines) is 1. The third-order valence-electron chi connectivity index (χ3n) is 5.98. The van der Waals surface area contributed by atoms with Crippen molar-refractivity contribution in [1.82, 2.24) is 10.2 Å². The molecule has 0 saturated carbocycles. The molecular formula is C25H48N2O5. The van der Waals surface area contributed by atoms with Gasteiger partial charge >= 0.3 is 6.09 Å². The van der Waals surface area contributed by atoms with Crippen LogP contribution in [0, 0.1) is 0 Å². The smallest absolute Gasteiger partial charge is 0.410 e. The Morgan fingerprint density at radius 2 is 1.59 bits per heavy atom.